The van der Waals surface area contributed by atoms with Gasteiger partial charge in [-0.25, -0.2) is 4.98 Å². The standard InChI is InChI=1S/C8H10N2O3/c11-2-4-12-6-7-5-9-8-10(7)1-3-13-8/h1,3,5,11H,2,4,6H2. The number of nitrogens with zero attached hydrogens (tertiary/aromatic N) is 2. The van der Waals surface area contributed by atoms with Gasteiger partial charge >= 0.3 is 5.84 Å². The van der Waals surface area contributed by atoms with Crippen LogP contribution in [0.15, 0.2) is 23.1 Å². The average Bonchev–Trinajstić information content (AvgIpc) is 2.68. The first kappa shape index (κ1) is 8.28. The van der Waals surface area contributed by atoms with E-state index in [9.17, 15) is 0 Å². The molecule has 0 aliphatic heterocycles. The maximum atomic E-state index is 8.50. The fourth-order valence-electron chi connectivity index (χ4n) is 1.12. The molecule has 0 fully saturated rings. The van der Waals surface area contributed by atoms with Crippen LogP contribution in [-0.2, 0) is 11.3 Å². The van der Waals surface area contributed by atoms with Gasteiger partial charge in [-0.15, -0.1) is 0 Å². The summed E-state index contributed by atoms with van der Waals surface area (Å²) in [5.74, 6) is 0.558. The maximum Gasteiger partial charge on any atom is 0.305 e. The van der Waals surface area contributed by atoms with E-state index in [1.165, 1.54) is 0 Å². The second kappa shape index (κ2) is 3.59. The number of rotatable bonds is 4. The number of imidazole rings is 1. The highest BCUT2D eigenvalue weighted by atomic mass is 16.5. The minimum absolute atomic E-state index is 0.0351. The Labute approximate surface area is 74.6 Å². The first-order valence-electron chi connectivity index (χ1n) is 4.00. The van der Waals surface area contributed by atoms with E-state index in [4.69, 9.17) is 14.3 Å². The van der Waals surface area contributed by atoms with Crippen LogP contribution >= 0.6 is 0 Å². The number of hydrogen-bond donors (Lipinski definition) is 1. The van der Waals surface area contributed by atoms with Crippen molar-refractivity contribution in [3.63, 3.8) is 0 Å². The zero-order valence-corrected chi connectivity index (χ0v) is 7.01. The molecule has 0 spiro atoms. The molecule has 2 rings (SSSR count). The highest BCUT2D eigenvalue weighted by Gasteiger charge is 2.04. The SMILES string of the molecule is OCCOCc1cnc2occn12. The minimum Gasteiger partial charge on any atom is -0.432 e. The lowest BCUT2D eigenvalue weighted by atomic mass is 10.5. The van der Waals surface area contributed by atoms with Gasteiger partial charge in [-0.1, -0.05) is 0 Å². The van der Waals surface area contributed by atoms with Gasteiger partial charge in [-0.3, -0.25) is 4.40 Å². The van der Waals surface area contributed by atoms with Gasteiger partial charge in [0.15, 0.2) is 0 Å². The van der Waals surface area contributed by atoms with Crippen molar-refractivity contribution in [2.24, 2.45) is 0 Å². The molecule has 0 saturated carbocycles. The van der Waals surface area contributed by atoms with Crippen molar-refractivity contribution >= 4 is 5.84 Å². The molecule has 0 aromatic carbocycles. The van der Waals surface area contributed by atoms with Crippen molar-refractivity contribution in [1.82, 2.24) is 9.38 Å². The average molecular weight is 182 g/mol. The van der Waals surface area contributed by atoms with Crippen molar-refractivity contribution in [3.8, 4) is 0 Å². The normalized spacial score (nSPS) is 11.2. The van der Waals surface area contributed by atoms with Crippen LogP contribution in [0.2, 0.25) is 0 Å². The van der Waals surface area contributed by atoms with Gasteiger partial charge in [0.25, 0.3) is 0 Å². The maximum absolute atomic E-state index is 8.50. The van der Waals surface area contributed by atoms with Crippen molar-refractivity contribution in [3.05, 3.63) is 24.4 Å². The van der Waals surface area contributed by atoms with Gasteiger partial charge < -0.3 is 14.3 Å². The molecule has 2 aromatic rings. The van der Waals surface area contributed by atoms with Gasteiger partial charge in [0.05, 0.1) is 31.7 Å². The zero-order valence-electron chi connectivity index (χ0n) is 7.01. The molecule has 70 valence electrons. The van der Waals surface area contributed by atoms with E-state index in [2.05, 4.69) is 4.98 Å². The second-order valence-electron chi connectivity index (χ2n) is 2.58. The molecule has 13 heavy (non-hydrogen) atoms. The van der Waals surface area contributed by atoms with Gasteiger partial charge in [0, 0.05) is 6.20 Å². The minimum atomic E-state index is 0.0351. The first-order chi connectivity index (χ1) is 6.42. The third-order valence-electron chi connectivity index (χ3n) is 1.71. The Hall–Kier alpha value is -1.33. The Kier molecular flexibility index (Phi) is 2.29. The molecule has 0 unspecified atom stereocenters. The van der Waals surface area contributed by atoms with Crippen molar-refractivity contribution < 1.29 is 14.3 Å². The molecule has 5 nitrogen and oxygen atoms in total. The number of hydrogen-bond acceptors (Lipinski definition) is 4. The van der Waals surface area contributed by atoms with Crippen LogP contribution in [-0.4, -0.2) is 27.7 Å². The first-order valence-corrected chi connectivity index (χ1v) is 4.00. The summed E-state index contributed by atoms with van der Waals surface area (Å²) in [4.78, 5) is 4.01. The largest absolute Gasteiger partial charge is 0.432 e. The summed E-state index contributed by atoms with van der Waals surface area (Å²) in [5.41, 5.74) is 0.914. The zero-order chi connectivity index (χ0) is 9.10. The predicted molar refractivity (Wildman–Crippen MR) is 44.2 cm³/mol. The molecular formula is C8H10N2O3. The lowest BCUT2D eigenvalue weighted by molar-refractivity contribution is 0.0793. The van der Waals surface area contributed by atoms with E-state index in [0.717, 1.165) is 5.69 Å². The van der Waals surface area contributed by atoms with Crippen molar-refractivity contribution in [2.45, 2.75) is 6.61 Å². The smallest absolute Gasteiger partial charge is 0.305 e. The molecule has 2 heterocycles. The van der Waals surface area contributed by atoms with E-state index < -0.39 is 0 Å². The highest BCUT2D eigenvalue weighted by Crippen LogP contribution is 2.07. The Morgan fingerprint density at radius 1 is 1.62 bits per heavy atom. The number of aliphatic hydroxyl groups excluding tert-OH is 1. The van der Waals surface area contributed by atoms with Crippen LogP contribution in [0, 0.1) is 0 Å². The molecule has 0 radical (unpaired) electrons. The van der Waals surface area contributed by atoms with Crippen LogP contribution in [0.3, 0.4) is 0 Å². The summed E-state index contributed by atoms with van der Waals surface area (Å²) in [5, 5.41) is 8.50. The number of ether oxygens (including phenoxy) is 1. The highest BCUT2D eigenvalue weighted by molar-refractivity contribution is 5.26. The number of oxazole rings is 1. The Bertz CT molecular complexity index is 379. The quantitative estimate of drug-likeness (QED) is 0.697. The predicted octanol–water partition coefficient (Wildman–Crippen LogP) is 0.436. The molecule has 0 atom stereocenters. The van der Waals surface area contributed by atoms with Gasteiger partial charge in [-0.2, -0.15) is 0 Å². The molecule has 0 amide bonds. The lowest BCUT2D eigenvalue weighted by Crippen LogP contribution is -2.00. The Balaban J connectivity index is 2.09. The second-order valence-corrected chi connectivity index (χ2v) is 2.58. The van der Waals surface area contributed by atoms with Crippen molar-refractivity contribution in [1.29, 1.82) is 0 Å². The van der Waals surface area contributed by atoms with Crippen LogP contribution in [0.1, 0.15) is 5.69 Å². The molecule has 0 bridgehead atoms. The summed E-state index contributed by atoms with van der Waals surface area (Å²) in [6.45, 7) is 0.805. The topological polar surface area (TPSA) is 59.9 Å². The number of aromatic nitrogens is 2. The van der Waals surface area contributed by atoms with Crippen LogP contribution in [0.5, 0.6) is 0 Å². The van der Waals surface area contributed by atoms with Gasteiger partial charge in [0.1, 0.15) is 6.26 Å². The van der Waals surface area contributed by atoms with Gasteiger partial charge in [-0.05, 0) is 0 Å². The lowest BCUT2D eigenvalue weighted by Gasteiger charge is -1.99. The van der Waals surface area contributed by atoms with E-state index in [-0.39, 0.29) is 6.61 Å². The fraction of sp³-hybridized carbons (Fsp3) is 0.375. The summed E-state index contributed by atoms with van der Waals surface area (Å²) < 4.78 is 12.0. The molecule has 0 aliphatic rings. The third kappa shape index (κ3) is 1.56. The van der Waals surface area contributed by atoms with E-state index in [0.29, 0.717) is 19.1 Å². The third-order valence-corrected chi connectivity index (χ3v) is 1.71. The fourth-order valence-corrected chi connectivity index (χ4v) is 1.12. The summed E-state index contributed by atoms with van der Waals surface area (Å²) in [6, 6.07) is 0. The summed E-state index contributed by atoms with van der Waals surface area (Å²) in [7, 11) is 0. The van der Waals surface area contributed by atoms with Crippen LogP contribution < -0.4 is 0 Å². The van der Waals surface area contributed by atoms with E-state index >= 15 is 0 Å². The Morgan fingerprint density at radius 2 is 2.54 bits per heavy atom. The summed E-state index contributed by atoms with van der Waals surface area (Å²) >= 11 is 0. The molecule has 0 aliphatic carbocycles. The molecular weight excluding hydrogens is 172 g/mol. The van der Waals surface area contributed by atoms with Crippen LogP contribution in [0.4, 0.5) is 0 Å². The molecule has 5 heteroatoms. The number of fused-ring (bicyclic) bond motifs is 1. The molecule has 2 aromatic heterocycles. The summed E-state index contributed by atoms with van der Waals surface area (Å²) in [6.07, 6.45) is 5.04. The molecule has 0 saturated heterocycles. The monoisotopic (exact) mass is 182 g/mol. The Morgan fingerprint density at radius 3 is 3.38 bits per heavy atom. The van der Waals surface area contributed by atoms with Crippen molar-refractivity contribution in [2.75, 3.05) is 13.2 Å². The molecule has 1 N–H and O–H groups in total. The van der Waals surface area contributed by atoms with E-state index in [1.54, 1.807) is 23.1 Å². The van der Waals surface area contributed by atoms with E-state index in [1.807, 2.05) is 0 Å². The van der Waals surface area contributed by atoms with Gasteiger partial charge in [0.2, 0.25) is 0 Å². The van der Waals surface area contributed by atoms with Crippen LogP contribution in [0.25, 0.3) is 5.84 Å². The number of aliphatic hydroxyl groups is 1.